The van der Waals surface area contributed by atoms with Gasteiger partial charge in [0.15, 0.2) is 0 Å². The molecule has 78 valence electrons. The maximum Gasteiger partial charge on any atom is 0.0960 e. The smallest absolute Gasteiger partial charge is 0.0960 e. The number of imidazole rings is 1. The Morgan fingerprint density at radius 1 is 1.27 bits per heavy atom. The maximum absolute atomic E-state index is 5.81. The number of rotatable bonds is 1. The summed E-state index contributed by atoms with van der Waals surface area (Å²) in [5.74, 6) is 0. The molecular formula is C12H15N3. The Balaban J connectivity index is 2.13. The van der Waals surface area contributed by atoms with Crippen molar-refractivity contribution in [2.45, 2.75) is 31.7 Å². The largest absolute Gasteiger partial charge is 0.399 e. The molecule has 0 bridgehead atoms. The fourth-order valence-corrected chi connectivity index (χ4v) is 2.52. The molecule has 1 aromatic heterocycles. The molecule has 0 aliphatic heterocycles. The summed E-state index contributed by atoms with van der Waals surface area (Å²) in [6.07, 6.45) is 7.19. The van der Waals surface area contributed by atoms with Crippen LogP contribution in [0.3, 0.4) is 0 Å². The summed E-state index contributed by atoms with van der Waals surface area (Å²) in [6, 6.07) is 6.57. The number of hydrogen-bond donors (Lipinski definition) is 1. The summed E-state index contributed by atoms with van der Waals surface area (Å²) in [7, 11) is 0. The van der Waals surface area contributed by atoms with Crippen LogP contribution in [-0.4, -0.2) is 9.55 Å². The predicted octanol–water partition coefficient (Wildman–Crippen LogP) is 2.73. The molecule has 1 aliphatic carbocycles. The minimum absolute atomic E-state index is 0.636. The molecule has 1 fully saturated rings. The van der Waals surface area contributed by atoms with E-state index in [1.807, 2.05) is 24.5 Å². The molecule has 3 rings (SSSR count). The molecule has 0 radical (unpaired) electrons. The van der Waals surface area contributed by atoms with Gasteiger partial charge >= 0.3 is 0 Å². The van der Waals surface area contributed by atoms with Crippen molar-refractivity contribution in [2.24, 2.45) is 0 Å². The van der Waals surface area contributed by atoms with Gasteiger partial charge in [0.1, 0.15) is 0 Å². The second-order valence-electron chi connectivity index (χ2n) is 4.34. The molecule has 0 unspecified atom stereocenters. The quantitative estimate of drug-likeness (QED) is 0.721. The molecule has 3 nitrogen and oxygen atoms in total. The maximum atomic E-state index is 5.81. The average molecular weight is 201 g/mol. The third-order valence-electron chi connectivity index (χ3n) is 3.32. The molecule has 2 N–H and O–H groups in total. The number of hydrogen-bond acceptors (Lipinski definition) is 2. The first-order valence-electron chi connectivity index (χ1n) is 5.57. The first kappa shape index (κ1) is 8.77. The molecule has 0 atom stereocenters. The van der Waals surface area contributed by atoms with E-state index in [-0.39, 0.29) is 0 Å². The first-order valence-corrected chi connectivity index (χ1v) is 5.57. The number of fused-ring (bicyclic) bond motifs is 1. The van der Waals surface area contributed by atoms with E-state index in [1.54, 1.807) is 0 Å². The van der Waals surface area contributed by atoms with Gasteiger partial charge in [-0.1, -0.05) is 12.8 Å². The normalized spacial score (nSPS) is 17.6. The van der Waals surface area contributed by atoms with E-state index in [0.29, 0.717) is 6.04 Å². The second-order valence-corrected chi connectivity index (χ2v) is 4.34. The van der Waals surface area contributed by atoms with Crippen LogP contribution in [0.2, 0.25) is 0 Å². The summed E-state index contributed by atoms with van der Waals surface area (Å²) in [5, 5.41) is 0. The number of nitrogen functional groups attached to an aromatic ring is 1. The highest BCUT2D eigenvalue weighted by Gasteiger charge is 2.18. The van der Waals surface area contributed by atoms with Crippen LogP contribution < -0.4 is 5.73 Å². The minimum Gasteiger partial charge on any atom is -0.399 e. The van der Waals surface area contributed by atoms with Gasteiger partial charge in [0, 0.05) is 11.7 Å². The Labute approximate surface area is 88.9 Å². The Bertz CT molecular complexity index is 481. The molecular weight excluding hydrogens is 186 g/mol. The van der Waals surface area contributed by atoms with Gasteiger partial charge in [0.25, 0.3) is 0 Å². The SMILES string of the molecule is Nc1ccc2ncn(C3CCCC3)c2c1. The van der Waals surface area contributed by atoms with E-state index in [1.165, 1.54) is 31.2 Å². The lowest BCUT2D eigenvalue weighted by atomic mass is 10.2. The van der Waals surface area contributed by atoms with Crippen LogP contribution in [-0.2, 0) is 0 Å². The number of benzene rings is 1. The van der Waals surface area contributed by atoms with Crippen LogP contribution in [0.1, 0.15) is 31.7 Å². The molecule has 0 amide bonds. The van der Waals surface area contributed by atoms with Gasteiger partial charge < -0.3 is 10.3 Å². The molecule has 2 aromatic rings. The van der Waals surface area contributed by atoms with Gasteiger partial charge in [0.05, 0.1) is 17.4 Å². The molecule has 1 heterocycles. The summed E-state index contributed by atoms with van der Waals surface area (Å²) in [4.78, 5) is 4.41. The zero-order valence-corrected chi connectivity index (χ0v) is 8.69. The standard InChI is InChI=1S/C12H15N3/c13-9-5-6-11-12(7-9)15(8-14-11)10-3-1-2-4-10/h5-8,10H,1-4,13H2. The van der Waals surface area contributed by atoms with Crippen LogP contribution in [0.5, 0.6) is 0 Å². The zero-order chi connectivity index (χ0) is 10.3. The van der Waals surface area contributed by atoms with Crippen molar-refractivity contribution in [3.05, 3.63) is 24.5 Å². The topological polar surface area (TPSA) is 43.8 Å². The molecule has 1 aliphatic rings. The first-order chi connectivity index (χ1) is 7.34. The average Bonchev–Trinajstić information content (AvgIpc) is 2.83. The van der Waals surface area contributed by atoms with Gasteiger partial charge in [-0.3, -0.25) is 0 Å². The fourth-order valence-electron chi connectivity index (χ4n) is 2.52. The van der Waals surface area contributed by atoms with Crippen molar-refractivity contribution in [2.75, 3.05) is 5.73 Å². The van der Waals surface area contributed by atoms with Gasteiger partial charge in [-0.2, -0.15) is 0 Å². The number of nitrogens with two attached hydrogens (primary N) is 1. The summed E-state index contributed by atoms with van der Waals surface area (Å²) in [5.41, 5.74) is 8.87. The van der Waals surface area contributed by atoms with E-state index < -0.39 is 0 Å². The van der Waals surface area contributed by atoms with E-state index in [0.717, 1.165) is 11.2 Å². The monoisotopic (exact) mass is 201 g/mol. The third kappa shape index (κ3) is 1.39. The highest BCUT2D eigenvalue weighted by atomic mass is 15.1. The van der Waals surface area contributed by atoms with Crippen molar-refractivity contribution < 1.29 is 0 Å². The lowest BCUT2D eigenvalue weighted by Crippen LogP contribution is -2.02. The van der Waals surface area contributed by atoms with Gasteiger partial charge in [0.2, 0.25) is 0 Å². The minimum atomic E-state index is 0.636. The van der Waals surface area contributed by atoms with Crippen molar-refractivity contribution in [3.8, 4) is 0 Å². The second kappa shape index (κ2) is 3.26. The van der Waals surface area contributed by atoms with Crippen LogP contribution in [0.25, 0.3) is 11.0 Å². The van der Waals surface area contributed by atoms with Crippen molar-refractivity contribution in [1.29, 1.82) is 0 Å². The summed E-state index contributed by atoms with van der Waals surface area (Å²) in [6.45, 7) is 0. The van der Waals surface area contributed by atoms with Gasteiger partial charge in [-0.15, -0.1) is 0 Å². The lowest BCUT2D eigenvalue weighted by molar-refractivity contribution is 0.532. The Morgan fingerprint density at radius 3 is 2.87 bits per heavy atom. The predicted molar refractivity (Wildman–Crippen MR) is 61.7 cm³/mol. The van der Waals surface area contributed by atoms with E-state index >= 15 is 0 Å². The molecule has 0 spiro atoms. The highest BCUT2D eigenvalue weighted by Crippen LogP contribution is 2.32. The van der Waals surface area contributed by atoms with Crippen molar-refractivity contribution >= 4 is 16.7 Å². The highest BCUT2D eigenvalue weighted by molar-refractivity contribution is 5.79. The third-order valence-corrected chi connectivity index (χ3v) is 3.32. The van der Waals surface area contributed by atoms with E-state index in [4.69, 9.17) is 5.73 Å². The Hall–Kier alpha value is -1.51. The summed E-state index contributed by atoms with van der Waals surface area (Å²) >= 11 is 0. The van der Waals surface area contributed by atoms with Crippen molar-refractivity contribution in [1.82, 2.24) is 9.55 Å². The summed E-state index contributed by atoms with van der Waals surface area (Å²) < 4.78 is 2.29. The molecule has 15 heavy (non-hydrogen) atoms. The Morgan fingerprint density at radius 2 is 2.07 bits per heavy atom. The number of aromatic nitrogens is 2. The van der Waals surface area contributed by atoms with Crippen LogP contribution >= 0.6 is 0 Å². The van der Waals surface area contributed by atoms with Gasteiger partial charge in [-0.25, -0.2) is 4.98 Å². The fraction of sp³-hybridized carbons (Fsp3) is 0.417. The molecule has 1 saturated carbocycles. The zero-order valence-electron chi connectivity index (χ0n) is 8.69. The van der Waals surface area contributed by atoms with Crippen LogP contribution in [0.15, 0.2) is 24.5 Å². The molecule has 1 aromatic carbocycles. The van der Waals surface area contributed by atoms with E-state index in [2.05, 4.69) is 9.55 Å². The van der Waals surface area contributed by atoms with Crippen LogP contribution in [0, 0.1) is 0 Å². The molecule has 0 saturated heterocycles. The van der Waals surface area contributed by atoms with E-state index in [9.17, 15) is 0 Å². The molecule has 3 heteroatoms. The van der Waals surface area contributed by atoms with Crippen LogP contribution in [0.4, 0.5) is 5.69 Å². The van der Waals surface area contributed by atoms with Crippen molar-refractivity contribution in [3.63, 3.8) is 0 Å². The number of nitrogens with zero attached hydrogens (tertiary/aromatic N) is 2. The lowest BCUT2D eigenvalue weighted by Gasteiger charge is -2.12. The van der Waals surface area contributed by atoms with Gasteiger partial charge in [-0.05, 0) is 31.0 Å². The number of anilines is 1. The Kier molecular flexibility index (Phi) is 1.91.